The maximum absolute atomic E-state index is 5.51. The lowest BCUT2D eigenvalue weighted by Crippen LogP contribution is -2.28. The lowest BCUT2D eigenvalue weighted by atomic mass is 10.2. The number of hydrogen-bond donors (Lipinski definition) is 2. The topological polar surface area (TPSA) is 58.5 Å². The van der Waals surface area contributed by atoms with Gasteiger partial charge in [-0.2, -0.15) is 0 Å². The third-order valence-corrected chi connectivity index (χ3v) is 3.91. The molecule has 0 bridgehead atoms. The van der Waals surface area contributed by atoms with Crippen LogP contribution in [0.2, 0.25) is 0 Å². The Morgan fingerprint density at radius 2 is 0.909 bits per heavy atom. The van der Waals surface area contributed by atoms with E-state index in [0.717, 1.165) is 45.6 Å². The Bertz CT molecular complexity index is 165. The minimum atomic E-state index is 0.816. The highest BCUT2D eigenvalue weighted by Gasteiger charge is 2.01. The van der Waals surface area contributed by atoms with Gasteiger partial charge < -0.3 is 21.3 Å². The smallest absolute Gasteiger partial charge is 0.000672 e. The number of nitrogens with zero attached hydrogens (tertiary/aromatic N) is 2. The van der Waals surface area contributed by atoms with Crippen LogP contribution in [0.3, 0.4) is 0 Å². The van der Waals surface area contributed by atoms with Crippen molar-refractivity contribution < 1.29 is 0 Å². The van der Waals surface area contributed by atoms with Crippen molar-refractivity contribution in [1.29, 1.82) is 0 Å². The van der Waals surface area contributed by atoms with Gasteiger partial charge in [0.15, 0.2) is 0 Å². The molecular formula is C18H44N4. The summed E-state index contributed by atoms with van der Waals surface area (Å²) in [5, 5.41) is 0. The molecule has 0 fully saturated rings. The number of rotatable bonds is 14. The molecule has 0 aromatic heterocycles. The largest absolute Gasteiger partial charge is 0.330 e. The summed E-state index contributed by atoms with van der Waals surface area (Å²) >= 11 is 0. The molecule has 0 aliphatic carbocycles. The fraction of sp³-hybridized carbons (Fsp3) is 1.00. The molecule has 136 valence electrons. The van der Waals surface area contributed by atoms with Crippen molar-refractivity contribution in [3.05, 3.63) is 0 Å². The first-order chi connectivity index (χ1) is 10.7. The molecule has 0 aromatic carbocycles. The molecule has 0 aliphatic heterocycles. The molecule has 0 amide bonds. The Morgan fingerprint density at radius 3 is 1.23 bits per heavy atom. The van der Waals surface area contributed by atoms with Crippen LogP contribution in [0.25, 0.3) is 0 Å². The molecule has 0 rings (SSSR count). The third-order valence-electron chi connectivity index (χ3n) is 3.91. The second-order valence-electron chi connectivity index (χ2n) is 5.86. The van der Waals surface area contributed by atoms with E-state index in [-0.39, 0.29) is 0 Å². The molecular weight excluding hydrogens is 272 g/mol. The summed E-state index contributed by atoms with van der Waals surface area (Å²) in [6.07, 6.45) is 7.52. The Hall–Kier alpha value is -0.160. The van der Waals surface area contributed by atoms with Crippen LogP contribution >= 0.6 is 0 Å². The van der Waals surface area contributed by atoms with E-state index < -0.39 is 0 Å². The van der Waals surface area contributed by atoms with E-state index in [1.165, 1.54) is 45.3 Å². The number of nitrogens with two attached hydrogens (primary N) is 2. The second kappa shape index (κ2) is 20.8. The Morgan fingerprint density at radius 1 is 0.545 bits per heavy atom. The predicted octanol–water partition coefficient (Wildman–Crippen LogP) is 2.91. The van der Waals surface area contributed by atoms with Crippen LogP contribution in [-0.4, -0.2) is 62.2 Å². The van der Waals surface area contributed by atoms with Crippen molar-refractivity contribution in [2.45, 2.75) is 66.2 Å². The highest BCUT2D eigenvalue weighted by molar-refractivity contribution is 4.58. The van der Waals surface area contributed by atoms with Crippen LogP contribution < -0.4 is 11.5 Å². The first kappa shape index (κ1) is 24.1. The second-order valence-corrected chi connectivity index (χ2v) is 5.86. The van der Waals surface area contributed by atoms with Gasteiger partial charge in [-0.15, -0.1) is 0 Å². The van der Waals surface area contributed by atoms with E-state index in [9.17, 15) is 0 Å². The van der Waals surface area contributed by atoms with Crippen molar-refractivity contribution in [3.63, 3.8) is 0 Å². The zero-order valence-corrected chi connectivity index (χ0v) is 15.9. The molecule has 0 aromatic rings. The molecule has 0 saturated carbocycles. The zero-order valence-electron chi connectivity index (χ0n) is 15.9. The first-order valence-corrected chi connectivity index (χ1v) is 9.54. The molecule has 0 unspecified atom stereocenters. The summed E-state index contributed by atoms with van der Waals surface area (Å²) in [6, 6.07) is 0. The molecule has 0 aliphatic rings. The van der Waals surface area contributed by atoms with Crippen LogP contribution in [0.15, 0.2) is 0 Å². The summed E-state index contributed by atoms with van der Waals surface area (Å²) in [4.78, 5) is 4.94. The molecule has 4 N–H and O–H groups in total. The van der Waals surface area contributed by atoms with Gasteiger partial charge in [0.2, 0.25) is 0 Å². The van der Waals surface area contributed by atoms with E-state index in [1.54, 1.807) is 0 Å². The maximum Gasteiger partial charge on any atom is -0.000672 e. The van der Waals surface area contributed by atoms with Gasteiger partial charge >= 0.3 is 0 Å². The molecule has 22 heavy (non-hydrogen) atoms. The summed E-state index contributed by atoms with van der Waals surface area (Å²) in [7, 11) is 0. The van der Waals surface area contributed by atoms with Crippen molar-refractivity contribution in [3.8, 4) is 0 Å². The van der Waals surface area contributed by atoms with E-state index in [2.05, 4.69) is 37.5 Å². The lowest BCUT2D eigenvalue weighted by Gasteiger charge is -2.21. The van der Waals surface area contributed by atoms with Crippen LogP contribution in [-0.2, 0) is 0 Å². The van der Waals surface area contributed by atoms with Crippen LogP contribution in [0.4, 0.5) is 0 Å². The summed E-state index contributed by atoms with van der Waals surface area (Å²) in [6.45, 7) is 17.7. The van der Waals surface area contributed by atoms with Crippen LogP contribution in [0, 0.1) is 0 Å². The Kier molecular flexibility index (Phi) is 22.8. The number of unbranched alkanes of at least 4 members (excludes halogenated alkanes) is 2. The quantitative estimate of drug-likeness (QED) is 0.517. The molecule has 4 nitrogen and oxygen atoms in total. The molecule has 0 heterocycles. The van der Waals surface area contributed by atoms with E-state index in [1.807, 2.05) is 0 Å². The monoisotopic (exact) mass is 316 g/mol. The van der Waals surface area contributed by atoms with Crippen molar-refractivity contribution in [1.82, 2.24) is 9.80 Å². The molecule has 0 saturated heterocycles. The third kappa shape index (κ3) is 17.9. The highest BCUT2D eigenvalue weighted by Crippen LogP contribution is 1.99. The Labute approximate surface area is 140 Å². The average molecular weight is 317 g/mol. The highest BCUT2D eigenvalue weighted by atomic mass is 15.1. The van der Waals surface area contributed by atoms with E-state index in [0.29, 0.717) is 0 Å². The van der Waals surface area contributed by atoms with Gasteiger partial charge in [0.05, 0.1) is 0 Å². The molecule has 0 spiro atoms. The van der Waals surface area contributed by atoms with E-state index >= 15 is 0 Å². The van der Waals surface area contributed by atoms with Crippen molar-refractivity contribution >= 4 is 0 Å². The fourth-order valence-corrected chi connectivity index (χ4v) is 2.27. The van der Waals surface area contributed by atoms with Gasteiger partial charge in [0.1, 0.15) is 0 Å². The van der Waals surface area contributed by atoms with Gasteiger partial charge in [-0.05, 0) is 78.0 Å². The maximum atomic E-state index is 5.51. The number of hydrogen-bond acceptors (Lipinski definition) is 4. The minimum Gasteiger partial charge on any atom is -0.330 e. The van der Waals surface area contributed by atoms with Gasteiger partial charge in [-0.25, -0.2) is 0 Å². The summed E-state index contributed by atoms with van der Waals surface area (Å²) < 4.78 is 0. The van der Waals surface area contributed by atoms with Gasteiger partial charge in [-0.1, -0.05) is 40.5 Å². The van der Waals surface area contributed by atoms with Crippen molar-refractivity contribution in [2.75, 3.05) is 52.4 Å². The zero-order chi connectivity index (χ0) is 17.1. The Balaban J connectivity index is 0. The van der Waals surface area contributed by atoms with Gasteiger partial charge in [0.25, 0.3) is 0 Å². The predicted molar refractivity (Wildman–Crippen MR) is 101 cm³/mol. The SMILES string of the molecule is CCCCN(CCCC)CCCN.CCN(CC)CCCN. The van der Waals surface area contributed by atoms with E-state index in [4.69, 9.17) is 11.5 Å². The van der Waals surface area contributed by atoms with Crippen LogP contribution in [0.1, 0.15) is 66.2 Å². The fourth-order valence-electron chi connectivity index (χ4n) is 2.27. The minimum absolute atomic E-state index is 0.816. The average Bonchev–Trinajstić information content (AvgIpc) is 2.56. The van der Waals surface area contributed by atoms with Crippen LogP contribution in [0.5, 0.6) is 0 Å². The molecule has 4 heteroatoms. The standard InChI is InChI=1S/C11H26N2.C7H18N2/c1-3-5-9-13(10-6-4-2)11-7-8-12;1-3-9(4-2)7-5-6-8/h3-12H2,1-2H3;3-8H2,1-2H3. The van der Waals surface area contributed by atoms with Gasteiger partial charge in [-0.3, -0.25) is 0 Å². The molecule has 0 atom stereocenters. The van der Waals surface area contributed by atoms with Gasteiger partial charge in [0, 0.05) is 0 Å². The molecule has 0 radical (unpaired) electrons. The first-order valence-electron chi connectivity index (χ1n) is 9.54. The van der Waals surface area contributed by atoms with Crippen molar-refractivity contribution in [2.24, 2.45) is 11.5 Å². The lowest BCUT2D eigenvalue weighted by molar-refractivity contribution is 0.263. The summed E-state index contributed by atoms with van der Waals surface area (Å²) in [5.74, 6) is 0. The summed E-state index contributed by atoms with van der Waals surface area (Å²) in [5.41, 5.74) is 10.9. The normalized spacial score (nSPS) is 10.9.